The zero-order chi connectivity index (χ0) is 16.4. The Morgan fingerprint density at radius 3 is 2.55 bits per heavy atom. The molecule has 22 heavy (non-hydrogen) atoms. The van der Waals surface area contributed by atoms with E-state index in [-0.39, 0.29) is 30.9 Å². The number of nitrogens with one attached hydrogen (secondary N) is 3. The number of hydrogen-bond donors (Lipinski definition) is 3. The summed E-state index contributed by atoms with van der Waals surface area (Å²) in [5, 5.41) is 7.76. The van der Waals surface area contributed by atoms with E-state index in [1.165, 1.54) is 24.3 Å². The molecule has 0 heterocycles. The van der Waals surface area contributed by atoms with Crippen molar-refractivity contribution in [2.75, 3.05) is 19.7 Å². The number of halogens is 1. The first-order valence-corrected chi connectivity index (χ1v) is 7.20. The lowest BCUT2D eigenvalue weighted by atomic mass is 10.3. The second kappa shape index (κ2) is 9.59. The lowest BCUT2D eigenvalue weighted by Crippen LogP contribution is -2.46. The zero-order valence-corrected chi connectivity index (χ0v) is 12.8. The minimum Gasteiger partial charge on any atom is -0.491 e. The van der Waals surface area contributed by atoms with Gasteiger partial charge in [-0.1, -0.05) is 6.92 Å². The van der Waals surface area contributed by atoms with Crippen molar-refractivity contribution in [3.63, 3.8) is 0 Å². The predicted molar refractivity (Wildman–Crippen MR) is 81.2 cm³/mol. The van der Waals surface area contributed by atoms with Crippen molar-refractivity contribution in [2.45, 2.75) is 26.3 Å². The maximum Gasteiger partial charge on any atom is 0.315 e. The molecule has 0 saturated carbocycles. The summed E-state index contributed by atoms with van der Waals surface area (Å²) in [5.74, 6) is -0.0409. The lowest BCUT2D eigenvalue weighted by Gasteiger charge is -2.15. The van der Waals surface area contributed by atoms with Crippen LogP contribution in [0.5, 0.6) is 5.75 Å². The van der Waals surface area contributed by atoms with Gasteiger partial charge in [-0.2, -0.15) is 0 Å². The Labute approximate surface area is 129 Å². The molecule has 0 spiro atoms. The minimum atomic E-state index is -0.443. The van der Waals surface area contributed by atoms with Gasteiger partial charge in [-0.05, 0) is 37.6 Å². The number of amides is 3. The molecule has 1 aromatic rings. The Bertz CT molecular complexity index is 479. The molecule has 0 fully saturated rings. The number of urea groups is 1. The summed E-state index contributed by atoms with van der Waals surface area (Å²) in [4.78, 5) is 22.9. The largest absolute Gasteiger partial charge is 0.491 e. The summed E-state index contributed by atoms with van der Waals surface area (Å²) in [6, 6.07) is 4.93. The third kappa shape index (κ3) is 7.47. The fourth-order valence-electron chi connectivity index (χ4n) is 1.56. The van der Waals surface area contributed by atoms with Crippen molar-refractivity contribution in [2.24, 2.45) is 0 Å². The van der Waals surface area contributed by atoms with Crippen molar-refractivity contribution in [3.8, 4) is 5.75 Å². The molecule has 1 unspecified atom stereocenters. The van der Waals surface area contributed by atoms with Gasteiger partial charge in [-0.15, -0.1) is 0 Å². The molecule has 1 rings (SSSR count). The van der Waals surface area contributed by atoms with E-state index in [1.54, 1.807) is 6.92 Å². The SMILES string of the molecule is CCCNC(=O)CNC(=O)NC(C)COc1ccc(F)cc1. The van der Waals surface area contributed by atoms with Crippen LogP contribution >= 0.6 is 0 Å². The van der Waals surface area contributed by atoms with Crippen LogP contribution in [-0.4, -0.2) is 37.7 Å². The van der Waals surface area contributed by atoms with Crippen molar-refractivity contribution in [1.29, 1.82) is 0 Å². The zero-order valence-electron chi connectivity index (χ0n) is 12.8. The van der Waals surface area contributed by atoms with Crippen LogP contribution in [0.4, 0.5) is 9.18 Å². The smallest absolute Gasteiger partial charge is 0.315 e. The molecule has 0 aliphatic rings. The van der Waals surface area contributed by atoms with E-state index in [0.717, 1.165) is 6.42 Å². The number of rotatable bonds is 8. The third-order valence-electron chi connectivity index (χ3n) is 2.67. The second-order valence-corrected chi connectivity index (χ2v) is 4.84. The minimum absolute atomic E-state index is 0.0721. The van der Waals surface area contributed by atoms with Crippen molar-refractivity contribution < 1.29 is 18.7 Å². The molecule has 1 atom stereocenters. The molecule has 3 N–H and O–H groups in total. The lowest BCUT2D eigenvalue weighted by molar-refractivity contribution is -0.120. The standard InChI is InChI=1S/C15H22FN3O3/c1-3-8-17-14(20)9-18-15(21)19-11(2)10-22-13-6-4-12(16)5-7-13/h4-7,11H,3,8-10H2,1-2H3,(H,17,20)(H2,18,19,21). The predicted octanol–water partition coefficient (Wildman–Crippen LogP) is 1.42. The van der Waals surface area contributed by atoms with E-state index in [1.807, 2.05) is 6.92 Å². The third-order valence-corrected chi connectivity index (χ3v) is 2.67. The molecule has 0 aromatic heterocycles. The Balaban J connectivity index is 2.20. The van der Waals surface area contributed by atoms with Crippen LogP contribution in [0, 0.1) is 5.82 Å². The van der Waals surface area contributed by atoms with Crippen molar-refractivity contribution in [1.82, 2.24) is 16.0 Å². The molecule has 1 aromatic carbocycles. The molecular weight excluding hydrogens is 289 g/mol. The van der Waals surface area contributed by atoms with Gasteiger partial charge >= 0.3 is 6.03 Å². The first-order valence-electron chi connectivity index (χ1n) is 7.20. The van der Waals surface area contributed by atoms with Crippen LogP contribution in [0.25, 0.3) is 0 Å². The highest BCUT2D eigenvalue weighted by Crippen LogP contribution is 2.11. The van der Waals surface area contributed by atoms with E-state index < -0.39 is 6.03 Å². The van der Waals surface area contributed by atoms with Crippen molar-refractivity contribution in [3.05, 3.63) is 30.1 Å². The second-order valence-electron chi connectivity index (χ2n) is 4.84. The normalized spacial score (nSPS) is 11.4. The molecule has 0 saturated heterocycles. The fourth-order valence-corrected chi connectivity index (χ4v) is 1.56. The van der Waals surface area contributed by atoms with Crippen LogP contribution in [0.1, 0.15) is 20.3 Å². The highest BCUT2D eigenvalue weighted by molar-refractivity contribution is 5.83. The molecular formula is C15H22FN3O3. The number of carbonyl (C=O) groups is 2. The number of ether oxygens (including phenoxy) is 1. The molecule has 122 valence electrons. The topological polar surface area (TPSA) is 79.5 Å². The molecule has 0 bridgehead atoms. The van der Waals surface area contributed by atoms with Gasteiger partial charge in [0, 0.05) is 6.54 Å². The summed E-state index contributed by atoms with van der Waals surface area (Å²) in [6.45, 7) is 4.46. The summed E-state index contributed by atoms with van der Waals surface area (Å²) >= 11 is 0. The number of carbonyl (C=O) groups excluding carboxylic acids is 2. The molecule has 0 aliphatic carbocycles. The fraction of sp³-hybridized carbons (Fsp3) is 0.467. The summed E-state index contributed by atoms with van der Waals surface area (Å²) in [7, 11) is 0. The van der Waals surface area contributed by atoms with Gasteiger partial charge in [0.2, 0.25) is 5.91 Å². The summed E-state index contributed by atoms with van der Waals surface area (Å²) < 4.78 is 18.1. The van der Waals surface area contributed by atoms with E-state index in [2.05, 4.69) is 16.0 Å². The maximum atomic E-state index is 12.7. The van der Waals surface area contributed by atoms with Gasteiger partial charge in [-0.3, -0.25) is 4.79 Å². The summed E-state index contributed by atoms with van der Waals surface area (Å²) in [6.07, 6.45) is 0.843. The van der Waals surface area contributed by atoms with E-state index in [4.69, 9.17) is 4.74 Å². The number of benzene rings is 1. The van der Waals surface area contributed by atoms with Gasteiger partial charge in [0.1, 0.15) is 18.2 Å². The van der Waals surface area contributed by atoms with Crippen LogP contribution in [0.15, 0.2) is 24.3 Å². The summed E-state index contributed by atoms with van der Waals surface area (Å²) in [5.41, 5.74) is 0. The Morgan fingerprint density at radius 2 is 1.91 bits per heavy atom. The monoisotopic (exact) mass is 311 g/mol. The molecule has 6 nitrogen and oxygen atoms in total. The van der Waals surface area contributed by atoms with Gasteiger partial charge in [0.15, 0.2) is 0 Å². The first kappa shape index (κ1) is 17.7. The van der Waals surface area contributed by atoms with Crippen LogP contribution in [-0.2, 0) is 4.79 Å². The first-order chi connectivity index (χ1) is 10.5. The van der Waals surface area contributed by atoms with Gasteiger partial charge < -0.3 is 20.7 Å². The Hall–Kier alpha value is -2.31. The average molecular weight is 311 g/mol. The van der Waals surface area contributed by atoms with Gasteiger partial charge in [0.05, 0.1) is 12.6 Å². The Kier molecular flexibility index (Phi) is 7.74. The molecule has 7 heteroatoms. The Morgan fingerprint density at radius 1 is 1.23 bits per heavy atom. The highest BCUT2D eigenvalue weighted by atomic mass is 19.1. The average Bonchev–Trinajstić information content (AvgIpc) is 2.50. The van der Waals surface area contributed by atoms with Gasteiger partial charge in [-0.25, -0.2) is 9.18 Å². The number of hydrogen-bond acceptors (Lipinski definition) is 3. The van der Waals surface area contributed by atoms with E-state index in [9.17, 15) is 14.0 Å². The molecule has 0 aliphatic heterocycles. The highest BCUT2D eigenvalue weighted by Gasteiger charge is 2.09. The van der Waals surface area contributed by atoms with Crippen LogP contribution < -0.4 is 20.7 Å². The maximum absolute atomic E-state index is 12.7. The van der Waals surface area contributed by atoms with Gasteiger partial charge in [0.25, 0.3) is 0 Å². The van der Waals surface area contributed by atoms with E-state index in [0.29, 0.717) is 12.3 Å². The molecule has 3 amide bonds. The van der Waals surface area contributed by atoms with Crippen molar-refractivity contribution >= 4 is 11.9 Å². The van der Waals surface area contributed by atoms with E-state index >= 15 is 0 Å². The quantitative estimate of drug-likeness (QED) is 0.679. The van der Waals surface area contributed by atoms with Crippen LogP contribution in [0.2, 0.25) is 0 Å². The van der Waals surface area contributed by atoms with Crippen LogP contribution in [0.3, 0.4) is 0 Å². The molecule has 0 radical (unpaired) electrons.